The Hall–Kier alpha value is -2.48. The Balaban J connectivity index is 2.03. The Morgan fingerprint density at radius 3 is 1.71 bits per heavy atom. The van der Waals surface area contributed by atoms with Gasteiger partial charge in [-0.25, -0.2) is 8.78 Å². The standard InChI is InChI=1S/C19H12F2/c20-17-11-5-10-16(19(17)21)18-14-8-3-1-6-12(14)13-7-2-4-9-15(13)18/h1-11,18H. The number of fused-ring (bicyclic) bond motifs is 3. The zero-order valence-corrected chi connectivity index (χ0v) is 11.2. The summed E-state index contributed by atoms with van der Waals surface area (Å²) in [6.07, 6.45) is 0. The molecule has 0 N–H and O–H groups in total. The number of halogens is 2. The maximum Gasteiger partial charge on any atom is 0.162 e. The second-order valence-corrected chi connectivity index (χ2v) is 5.25. The molecule has 3 aromatic carbocycles. The van der Waals surface area contributed by atoms with Crippen LogP contribution in [0.4, 0.5) is 8.78 Å². The highest BCUT2D eigenvalue weighted by atomic mass is 19.2. The van der Waals surface area contributed by atoms with Crippen LogP contribution in [0.1, 0.15) is 22.6 Å². The summed E-state index contributed by atoms with van der Waals surface area (Å²) >= 11 is 0. The minimum absolute atomic E-state index is 0.242. The van der Waals surface area contributed by atoms with Crippen molar-refractivity contribution < 1.29 is 8.78 Å². The Morgan fingerprint density at radius 2 is 1.10 bits per heavy atom. The first-order chi connectivity index (χ1) is 10.3. The Morgan fingerprint density at radius 1 is 0.571 bits per heavy atom. The Bertz CT molecular complexity index is 791. The second kappa shape index (κ2) is 4.52. The summed E-state index contributed by atoms with van der Waals surface area (Å²) in [7, 11) is 0. The lowest BCUT2D eigenvalue weighted by Gasteiger charge is -2.15. The van der Waals surface area contributed by atoms with Crippen molar-refractivity contribution in [1.29, 1.82) is 0 Å². The van der Waals surface area contributed by atoms with Crippen molar-refractivity contribution in [2.75, 3.05) is 0 Å². The third-order valence-corrected chi connectivity index (χ3v) is 4.13. The van der Waals surface area contributed by atoms with Crippen molar-refractivity contribution in [3.63, 3.8) is 0 Å². The average Bonchev–Trinajstić information content (AvgIpc) is 2.85. The molecule has 0 saturated heterocycles. The fourth-order valence-corrected chi connectivity index (χ4v) is 3.23. The smallest absolute Gasteiger partial charge is 0.162 e. The van der Waals surface area contributed by atoms with Crippen LogP contribution in [-0.2, 0) is 0 Å². The van der Waals surface area contributed by atoms with E-state index < -0.39 is 11.6 Å². The van der Waals surface area contributed by atoms with Gasteiger partial charge < -0.3 is 0 Å². The van der Waals surface area contributed by atoms with Crippen molar-refractivity contribution in [3.8, 4) is 11.1 Å². The molecule has 4 rings (SSSR count). The fourth-order valence-electron chi connectivity index (χ4n) is 3.23. The van der Waals surface area contributed by atoms with Crippen molar-refractivity contribution >= 4 is 0 Å². The Kier molecular flexibility index (Phi) is 2.64. The molecule has 0 radical (unpaired) electrons. The summed E-state index contributed by atoms with van der Waals surface area (Å²) in [5, 5.41) is 0. The van der Waals surface area contributed by atoms with Gasteiger partial charge in [0.1, 0.15) is 0 Å². The van der Waals surface area contributed by atoms with Gasteiger partial charge in [0.05, 0.1) is 0 Å². The number of rotatable bonds is 1. The van der Waals surface area contributed by atoms with Crippen LogP contribution < -0.4 is 0 Å². The lowest BCUT2D eigenvalue weighted by Crippen LogP contribution is -2.03. The van der Waals surface area contributed by atoms with Crippen LogP contribution in [-0.4, -0.2) is 0 Å². The van der Waals surface area contributed by atoms with Gasteiger partial charge in [-0.3, -0.25) is 0 Å². The van der Waals surface area contributed by atoms with Gasteiger partial charge in [-0.15, -0.1) is 0 Å². The van der Waals surface area contributed by atoms with Crippen LogP contribution >= 0.6 is 0 Å². The molecule has 0 aromatic heterocycles. The molecule has 21 heavy (non-hydrogen) atoms. The van der Waals surface area contributed by atoms with Crippen molar-refractivity contribution in [3.05, 3.63) is 95.1 Å². The number of hydrogen-bond acceptors (Lipinski definition) is 0. The third kappa shape index (κ3) is 1.72. The molecule has 0 heterocycles. The lowest BCUT2D eigenvalue weighted by atomic mass is 9.89. The first-order valence-corrected chi connectivity index (χ1v) is 6.89. The van der Waals surface area contributed by atoms with Crippen LogP contribution in [0.25, 0.3) is 11.1 Å². The molecule has 3 aromatic rings. The first kappa shape index (κ1) is 12.3. The highest BCUT2D eigenvalue weighted by Crippen LogP contribution is 2.48. The van der Waals surface area contributed by atoms with E-state index in [9.17, 15) is 8.78 Å². The highest BCUT2D eigenvalue weighted by molar-refractivity contribution is 5.80. The zero-order chi connectivity index (χ0) is 14.4. The zero-order valence-electron chi connectivity index (χ0n) is 11.2. The predicted molar refractivity (Wildman–Crippen MR) is 79.2 cm³/mol. The van der Waals surface area contributed by atoms with Crippen LogP contribution in [0, 0.1) is 11.6 Å². The molecule has 0 nitrogen and oxygen atoms in total. The summed E-state index contributed by atoms with van der Waals surface area (Å²) < 4.78 is 27.9. The maximum absolute atomic E-state index is 14.3. The van der Waals surface area contributed by atoms with Gasteiger partial charge >= 0.3 is 0 Å². The van der Waals surface area contributed by atoms with Gasteiger partial charge in [-0.2, -0.15) is 0 Å². The van der Waals surface area contributed by atoms with Gasteiger partial charge in [0.15, 0.2) is 11.6 Å². The molecular formula is C19H12F2. The summed E-state index contributed by atoms with van der Waals surface area (Å²) in [5.74, 6) is -1.79. The van der Waals surface area contributed by atoms with Gasteiger partial charge in [0.25, 0.3) is 0 Å². The molecule has 0 amide bonds. The van der Waals surface area contributed by atoms with Crippen molar-refractivity contribution in [2.24, 2.45) is 0 Å². The molecule has 1 aliphatic rings. The number of benzene rings is 3. The van der Waals surface area contributed by atoms with E-state index >= 15 is 0 Å². The molecule has 0 spiro atoms. The normalized spacial score (nSPS) is 13.0. The third-order valence-electron chi connectivity index (χ3n) is 4.13. The largest absolute Gasteiger partial charge is 0.204 e. The fraction of sp³-hybridized carbons (Fsp3) is 0.0526. The van der Waals surface area contributed by atoms with Crippen LogP contribution in [0.15, 0.2) is 66.7 Å². The average molecular weight is 278 g/mol. The number of hydrogen-bond donors (Lipinski definition) is 0. The molecule has 0 aliphatic heterocycles. The van der Waals surface area contributed by atoms with Gasteiger partial charge in [-0.05, 0) is 28.3 Å². The molecular weight excluding hydrogens is 266 g/mol. The summed E-state index contributed by atoms with van der Waals surface area (Å²) in [6, 6.07) is 20.3. The van der Waals surface area contributed by atoms with E-state index in [1.54, 1.807) is 12.1 Å². The second-order valence-electron chi connectivity index (χ2n) is 5.25. The summed E-state index contributed by atoms with van der Waals surface area (Å²) in [5.41, 5.74) is 4.65. The molecule has 1 aliphatic carbocycles. The minimum Gasteiger partial charge on any atom is -0.204 e. The van der Waals surface area contributed by atoms with Crippen LogP contribution in [0.5, 0.6) is 0 Å². The monoisotopic (exact) mass is 278 g/mol. The SMILES string of the molecule is Fc1cccc(C2c3ccccc3-c3ccccc32)c1F. The minimum atomic E-state index is -0.797. The Labute approximate surface area is 121 Å². The van der Waals surface area contributed by atoms with Crippen LogP contribution in [0.2, 0.25) is 0 Å². The highest BCUT2D eigenvalue weighted by Gasteiger charge is 2.31. The topological polar surface area (TPSA) is 0 Å². The van der Waals surface area contributed by atoms with Crippen LogP contribution in [0.3, 0.4) is 0 Å². The summed E-state index contributed by atoms with van der Waals surface area (Å²) in [6.45, 7) is 0. The van der Waals surface area contributed by atoms with Gasteiger partial charge in [-0.1, -0.05) is 60.7 Å². The van der Waals surface area contributed by atoms with Crippen molar-refractivity contribution in [2.45, 2.75) is 5.92 Å². The molecule has 0 unspecified atom stereocenters. The summed E-state index contributed by atoms with van der Waals surface area (Å²) in [4.78, 5) is 0. The van der Waals surface area contributed by atoms with E-state index in [0.29, 0.717) is 5.56 Å². The van der Waals surface area contributed by atoms with Gasteiger partial charge in [0.2, 0.25) is 0 Å². The van der Waals surface area contributed by atoms with E-state index in [1.807, 2.05) is 48.5 Å². The van der Waals surface area contributed by atoms with Crippen molar-refractivity contribution in [1.82, 2.24) is 0 Å². The van der Waals surface area contributed by atoms with E-state index in [1.165, 1.54) is 0 Å². The molecule has 102 valence electrons. The van der Waals surface area contributed by atoms with E-state index in [0.717, 1.165) is 28.3 Å². The lowest BCUT2D eigenvalue weighted by molar-refractivity contribution is 0.498. The first-order valence-electron chi connectivity index (χ1n) is 6.89. The molecule has 0 saturated carbocycles. The van der Waals surface area contributed by atoms with Gasteiger partial charge in [0, 0.05) is 11.5 Å². The van der Waals surface area contributed by atoms with E-state index in [2.05, 4.69) is 0 Å². The maximum atomic E-state index is 14.3. The molecule has 0 bridgehead atoms. The predicted octanol–water partition coefficient (Wildman–Crippen LogP) is 5.13. The van der Waals surface area contributed by atoms with E-state index in [4.69, 9.17) is 0 Å². The quantitative estimate of drug-likeness (QED) is 0.453. The molecule has 2 heteroatoms. The molecule has 0 atom stereocenters. The van der Waals surface area contributed by atoms with E-state index in [-0.39, 0.29) is 5.92 Å². The molecule has 0 fully saturated rings.